The van der Waals surface area contributed by atoms with Crippen LogP contribution in [0.25, 0.3) is 0 Å². The topological polar surface area (TPSA) is 46.9 Å². The zero-order valence-corrected chi connectivity index (χ0v) is 12.5. The number of halogens is 1. The van der Waals surface area contributed by atoms with Crippen LogP contribution in [0, 0.1) is 5.92 Å². The Balaban J connectivity index is 1.92. The third-order valence-electron chi connectivity index (χ3n) is 3.62. The Hall–Kier alpha value is -0.840. The van der Waals surface area contributed by atoms with Crippen molar-refractivity contribution in [2.45, 2.75) is 37.4 Å². The predicted octanol–water partition coefficient (Wildman–Crippen LogP) is 2.28. The molecule has 5 heteroatoms. The lowest BCUT2D eigenvalue weighted by Gasteiger charge is -2.14. The van der Waals surface area contributed by atoms with E-state index in [9.17, 15) is 4.79 Å². The van der Waals surface area contributed by atoms with E-state index in [0.717, 1.165) is 18.7 Å². The number of carbonyl (C=O) groups is 1. The summed E-state index contributed by atoms with van der Waals surface area (Å²) in [4.78, 5) is 12.6. The van der Waals surface area contributed by atoms with Gasteiger partial charge in [0.25, 0.3) is 5.91 Å². The van der Waals surface area contributed by atoms with Gasteiger partial charge in [-0.25, -0.2) is 0 Å². The molecule has 1 N–H and O–H groups in total. The van der Waals surface area contributed by atoms with Crippen LogP contribution in [0.2, 0.25) is 0 Å². The lowest BCUT2D eigenvalue weighted by molar-refractivity contribution is 0.0938. The van der Waals surface area contributed by atoms with E-state index in [1.807, 2.05) is 20.0 Å². The molecule has 0 radical (unpaired) electrons. The van der Waals surface area contributed by atoms with Gasteiger partial charge in [0.2, 0.25) is 0 Å². The lowest BCUT2D eigenvalue weighted by atomic mass is 10.1. The Kier molecular flexibility index (Phi) is 4.43. The summed E-state index contributed by atoms with van der Waals surface area (Å²) in [5, 5.41) is 7.31. The van der Waals surface area contributed by atoms with Crippen molar-refractivity contribution in [2.75, 3.05) is 6.54 Å². The van der Waals surface area contributed by atoms with E-state index in [2.05, 4.69) is 26.3 Å². The minimum atomic E-state index is -0.0173. The van der Waals surface area contributed by atoms with Crippen molar-refractivity contribution in [3.8, 4) is 0 Å². The van der Waals surface area contributed by atoms with Crippen molar-refractivity contribution in [3.63, 3.8) is 0 Å². The Morgan fingerprint density at radius 3 is 2.94 bits per heavy atom. The smallest absolute Gasteiger partial charge is 0.269 e. The third-order valence-corrected chi connectivity index (χ3v) is 4.82. The highest BCUT2D eigenvalue weighted by Gasteiger charge is 2.25. The normalized spacial score (nSPS) is 23.3. The van der Waals surface area contributed by atoms with E-state index >= 15 is 0 Å². The highest BCUT2D eigenvalue weighted by Crippen LogP contribution is 2.30. The third kappa shape index (κ3) is 2.94. The summed E-state index contributed by atoms with van der Waals surface area (Å²) in [5.41, 5.74) is 1.61. The maximum atomic E-state index is 12.1. The minimum absolute atomic E-state index is 0.0173. The predicted molar refractivity (Wildman–Crippen MR) is 75.0 cm³/mol. The number of aryl methyl sites for hydroxylation is 2. The molecule has 1 aliphatic rings. The second-order valence-electron chi connectivity index (χ2n) is 4.92. The molecule has 2 unspecified atom stereocenters. The van der Waals surface area contributed by atoms with Gasteiger partial charge in [0.05, 0.1) is 5.69 Å². The van der Waals surface area contributed by atoms with Crippen LogP contribution in [0.4, 0.5) is 0 Å². The molecule has 2 rings (SSSR count). The van der Waals surface area contributed by atoms with Gasteiger partial charge in [-0.05, 0) is 31.2 Å². The fourth-order valence-electron chi connectivity index (χ4n) is 2.45. The Bertz CT molecular complexity index is 430. The van der Waals surface area contributed by atoms with Crippen LogP contribution in [-0.2, 0) is 13.5 Å². The molecule has 1 heterocycles. The van der Waals surface area contributed by atoms with Crippen LogP contribution in [-0.4, -0.2) is 27.1 Å². The second kappa shape index (κ2) is 5.87. The molecule has 100 valence electrons. The van der Waals surface area contributed by atoms with Crippen LogP contribution in [0.3, 0.4) is 0 Å². The molecule has 1 fully saturated rings. The van der Waals surface area contributed by atoms with Gasteiger partial charge in [0, 0.05) is 18.4 Å². The van der Waals surface area contributed by atoms with Gasteiger partial charge < -0.3 is 5.32 Å². The summed E-state index contributed by atoms with van der Waals surface area (Å²) in [6, 6.07) is 1.87. The highest BCUT2D eigenvalue weighted by atomic mass is 79.9. The number of rotatable bonds is 4. The van der Waals surface area contributed by atoms with Crippen LogP contribution >= 0.6 is 15.9 Å². The Morgan fingerprint density at radius 1 is 1.61 bits per heavy atom. The van der Waals surface area contributed by atoms with E-state index < -0.39 is 0 Å². The van der Waals surface area contributed by atoms with Crippen LogP contribution in [0.15, 0.2) is 6.07 Å². The lowest BCUT2D eigenvalue weighted by Crippen LogP contribution is -2.32. The number of nitrogens with one attached hydrogen (secondary N) is 1. The molecule has 1 saturated carbocycles. The summed E-state index contributed by atoms with van der Waals surface area (Å²) in [7, 11) is 1.82. The van der Waals surface area contributed by atoms with Crippen molar-refractivity contribution in [3.05, 3.63) is 17.5 Å². The van der Waals surface area contributed by atoms with Crippen molar-refractivity contribution in [1.82, 2.24) is 15.1 Å². The van der Waals surface area contributed by atoms with Gasteiger partial charge in [0.1, 0.15) is 5.69 Å². The fourth-order valence-corrected chi connectivity index (χ4v) is 3.22. The number of carbonyl (C=O) groups excluding carboxylic acids is 1. The van der Waals surface area contributed by atoms with E-state index in [1.54, 1.807) is 4.68 Å². The molecule has 1 aliphatic carbocycles. The average Bonchev–Trinajstić information content (AvgIpc) is 2.92. The Morgan fingerprint density at radius 2 is 2.39 bits per heavy atom. The van der Waals surface area contributed by atoms with Gasteiger partial charge in [-0.2, -0.15) is 5.10 Å². The maximum absolute atomic E-state index is 12.1. The highest BCUT2D eigenvalue weighted by molar-refractivity contribution is 9.09. The van der Waals surface area contributed by atoms with Crippen LogP contribution in [0.5, 0.6) is 0 Å². The largest absolute Gasteiger partial charge is 0.350 e. The van der Waals surface area contributed by atoms with Crippen LogP contribution < -0.4 is 5.32 Å². The Labute approximate surface area is 116 Å². The zero-order chi connectivity index (χ0) is 13.1. The molecular formula is C13H20BrN3O. The van der Waals surface area contributed by atoms with Crippen LogP contribution in [0.1, 0.15) is 42.4 Å². The van der Waals surface area contributed by atoms with Crippen molar-refractivity contribution >= 4 is 21.8 Å². The van der Waals surface area contributed by atoms with Crippen molar-refractivity contribution < 1.29 is 4.79 Å². The standard InChI is InChI=1S/C13H20BrN3O/c1-3-10-7-12(17(2)16-10)13(18)15-8-9-5-4-6-11(9)14/h7,9,11H,3-6,8H2,1-2H3,(H,15,18). The first kappa shape index (κ1) is 13.6. The molecule has 0 spiro atoms. The molecule has 0 aromatic carbocycles. The molecule has 1 aromatic heterocycles. The number of hydrogen-bond acceptors (Lipinski definition) is 2. The molecule has 2 atom stereocenters. The summed E-state index contributed by atoms with van der Waals surface area (Å²) in [5.74, 6) is 0.545. The molecule has 0 bridgehead atoms. The van der Waals surface area contributed by atoms with E-state index in [0.29, 0.717) is 16.4 Å². The second-order valence-corrected chi connectivity index (χ2v) is 6.09. The van der Waals surface area contributed by atoms with Gasteiger partial charge in [0.15, 0.2) is 0 Å². The maximum Gasteiger partial charge on any atom is 0.269 e. The van der Waals surface area contributed by atoms with Crippen molar-refractivity contribution in [2.24, 2.45) is 13.0 Å². The first-order valence-electron chi connectivity index (χ1n) is 6.57. The van der Waals surface area contributed by atoms with Crippen molar-refractivity contribution in [1.29, 1.82) is 0 Å². The zero-order valence-electron chi connectivity index (χ0n) is 10.9. The first-order chi connectivity index (χ1) is 8.61. The quantitative estimate of drug-likeness (QED) is 0.867. The van der Waals surface area contributed by atoms with Gasteiger partial charge >= 0.3 is 0 Å². The SMILES string of the molecule is CCc1cc(C(=O)NCC2CCCC2Br)n(C)n1. The van der Waals surface area contributed by atoms with E-state index in [1.165, 1.54) is 19.3 Å². The number of alkyl halides is 1. The number of hydrogen-bond donors (Lipinski definition) is 1. The summed E-state index contributed by atoms with van der Waals surface area (Å²) in [6.45, 7) is 2.79. The number of nitrogens with zero attached hydrogens (tertiary/aromatic N) is 2. The molecular weight excluding hydrogens is 294 g/mol. The van der Waals surface area contributed by atoms with Gasteiger partial charge in [-0.3, -0.25) is 9.48 Å². The molecule has 4 nitrogen and oxygen atoms in total. The summed E-state index contributed by atoms with van der Waals surface area (Å²) < 4.78 is 1.66. The summed E-state index contributed by atoms with van der Waals surface area (Å²) >= 11 is 3.67. The molecule has 1 aromatic rings. The average molecular weight is 314 g/mol. The van der Waals surface area contributed by atoms with Gasteiger partial charge in [-0.15, -0.1) is 0 Å². The van der Waals surface area contributed by atoms with Gasteiger partial charge in [-0.1, -0.05) is 29.3 Å². The first-order valence-corrected chi connectivity index (χ1v) is 7.48. The minimum Gasteiger partial charge on any atom is -0.350 e. The molecule has 1 amide bonds. The molecule has 18 heavy (non-hydrogen) atoms. The fraction of sp³-hybridized carbons (Fsp3) is 0.692. The monoisotopic (exact) mass is 313 g/mol. The molecule has 0 saturated heterocycles. The molecule has 0 aliphatic heterocycles. The van der Waals surface area contributed by atoms with E-state index in [4.69, 9.17) is 0 Å². The van der Waals surface area contributed by atoms with E-state index in [-0.39, 0.29) is 5.91 Å². The number of amides is 1. The number of aromatic nitrogens is 2. The summed E-state index contributed by atoms with van der Waals surface area (Å²) in [6.07, 6.45) is 4.52.